The molecule has 0 saturated carbocycles. The zero-order valence-corrected chi connectivity index (χ0v) is 17.4. The lowest BCUT2D eigenvalue weighted by atomic mass is 10.0. The van der Waals surface area contributed by atoms with Crippen molar-refractivity contribution in [3.05, 3.63) is 71.0 Å². The standard InChI is InChI=1S/C23H18N6O4/c24-10-14-3-1-2-4-20(14)33-13-16-12-29(27-26-16)17-6-5-15-11-28(23(32)18(15)9-17)19-7-8-21(30)25-22(19)31/h1-6,9,12,19H,7-8,11,13H2,(H,25,30,31). The van der Waals surface area contributed by atoms with E-state index in [9.17, 15) is 14.4 Å². The molecule has 1 fully saturated rings. The van der Waals surface area contributed by atoms with E-state index in [0.29, 0.717) is 41.2 Å². The fourth-order valence-corrected chi connectivity index (χ4v) is 4.01. The van der Waals surface area contributed by atoms with Crippen LogP contribution in [-0.2, 0) is 22.7 Å². The summed E-state index contributed by atoms with van der Waals surface area (Å²) >= 11 is 0. The molecule has 1 N–H and O–H groups in total. The van der Waals surface area contributed by atoms with Gasteiger partial charge in [0.2, 0.25) is 11.8 Å². The second kappa shape index (κ2) is 8.20. The van der Waals surface area contributed by atoms with Gasteiger partial charge in [0.15, 0.2) is 0 Å². The van der Waals surface area contributed by atoms with E-state index >= 15 is 0 Å². The zero-order chi connectivity index (χ0) is 22.9. The number of rotatable bonds is 5. The van der Waals surface area contributed by atoms with E-state index < -0.39 is 11.9 Å². The number of nitrogens with one attached hydrogen (secondary N) is 1. The van der Waals surface area contributed by atoms with Crippen LogP contribution in [0, 0.1) is 11.3 Å². The summed E-state index contributed by atoms with van der Waals surface area (Å²) in [4.78, 5) is 38.1. The van der Waals surface area contributed by atoms with Crippen molar-refractivity contribution in [1.29, 1.82) is 5.26 Å². The number of piperidine rings is 1. The number of aromatic nitrogens is 3. The predicted octanol–water partition coefficient (Wildman–Crippen LogP) is 1.48. The van der Waals surface area contributed by atoms with Crippen LogP contribution in [0.3, 0.4) is 0 Å². The van der Waals surface area contributed by atoms with Crippen LogP contribution in [0.5, 0.6) is 5.75 Å². The van der Waals surface area contributed by atoms with Gasteiger partial charge in [-0.2, -0.15) is 5.26 Å². The molecule has 1 aromatic heterocycles. The fraction of sp³-hybridized carbons (Fsp3) is 0.217. The first-order chi connectivity index (χ1) is 16.0. The summed E-state index contributed by atoms with van der Waals surface area (Å²) in [5.41, 5.74) is 2.93. The molecule has 0 bridgehead atoms. The van der Waals surface area contributed by atoms with Crippen LogP contribution in [0.2, 0.25) is 0 Å². The molecule has 1 saturated heterocycles. The van der Waals surface area contributed by atoms with Crippen molar-refractivity contribution >= 4 is 17.7 Å². The Morgan fingerprint density at radius 2 is 2.03 bits per heavy atom. The van der Waals surface area contributed by atoms with E-state index in [1.54, 1.807) is 36.5 Å². The first kappa shape index (κ1) is 20.4. The van der Waals surface area contributed by atoms with Crippen LogP contribution < -0.4 is 10.1 Å². The van der Waals surface area contributed by atoms with Gasteiger partial charge in [-0.1, -0.05) is 23.4 Å². The smallest absolute Gasteiger partial charge is 0.255 e. The molecular weight excluding hydrogens is 424 g/mol. The van der Waals surface area contributed by atoms with Crippen LogP contribution in [0.4, 0.5) is 0 Å². The third kappa shape index (κ3) is 3.80. The molecule has 164 valence electrons. The highest BCUT2D eigenvalue weighted by atomic mass is 16.5. The Hall–Kier alpha value is -4.52. The molecule has 10 nitrogen and oxygen atoms in total. The molecule has 2 aliphatic rings. The van der Waals surface area contributed by atoms with Gasteiger partial charge in [-0.15, -0.1) is 5.10 Å². The minimum absolute atomic E-state index is 0.131. The molecule has 2 aromatic carbocycles. The number of fused-ring (bicyclic) bond motifs is 1. The van der Waals surface area contributed by atoms with Crippen LogP contribution >= 0.6 is 0 Å². The van der Waals surface area contributed by atoms with Crippen LogP contribution in [0.1, 0.15) is 40.0 Å². The highest BCUT2D eigenvalue weighted by Gasteiger charge is 2.39. The number of carbonyl (C=O) groups excluding carboxylic acids is 3. The number of imide groups is 1. The predicted molar refractivity (Wildman–Crippen MR) is 113 cm³/mol. The molecule has 3 amide bonds. The number of amides is 3. The van der Waals surface area contributed by atoms with E-state index in [2.05, 4.69) is 21.7 Å². The van der Waals surface area contributed by atoms with Gasteiger partial charge in [0.1, 0.15) is 30.2 Å². The Kier molecular flexibility index (Phi) is 5.06. The number of hydrogen-bond acceptors (Lipinski definition) is 7. The van der Waals surface area contributed by atoms with Crippen molar-refractivity contribution < 1.29 is 19.1 Å². The van der Waals surface area contributed by atoms with Crippen molar-refractivity contribution in [1.82, 2.24) is 25.2 Å². The molecule has 0 aliphatic carbocycles. The molecule has 10 heteroatoms. The zero-order valence-electron chi connectivity index (χ0n) is 17.4. The lowest BCUT2D eigenvalue weighted by Crippen LogP contribution is -2.52. The normalized spacial score (nSPS) is 17.5. The summed E-state index contributed by atoms with van der Waals surface area (Å²) in [6.45, 7) is 0.446. The van der Waals surface area contributed by atoms with E-state index in [1.165, 1.54) is 9.58 Å². The van der Waals surface area contributed by atoms with Crippen molar-refractivity contribution in [2.24, 2.45) is 0 Å². The Morgan fingerprint density at radius 3 is 2.85 bits per heavy atom. The summed E-state index contributed by atoms with van der Waals surface area (Å²) in [7, 11) is 0. The number of para-hydroxylation sites is 1. The molecule has 33 heavy (non-hydrogen) atoms. The first-order valence-corrected chi connectivity index (χ1v) is 10.3. The number of nitrogens with zero attached hydrogens (tertiary/aromatic N) is 5. The molecule has 1 atom stereocenters. The first-order valence-electron chi connectivity index (χ1n) is 10.3. The van der Waals surface area contributed by atoms with Gasteiger partial charge in [0, 0.05) is 18.5 Å². The van der Waals surface area contributed by atoms with Gasteiger partial charge in [-0.25, -0.2) is 4.68 Å². The van der Waals surface area contributed by atoms with Crippen LogP contribution in [0.15, 0.2) is 48.7 Å². The lowest BCUT2D eigenvalue weighted by molar-refractivity contribution is -0.136. The molecule has 5 rings (SSSR count). The number of ether oxygens (including phenoxy) is 1. The Balaban J connectivity index is 1.31. The Morgan fingerprint density at radius 1 is 1.18 bits per heavy atom. The summed E-state index contributed by atoms with van der Waals surface area (Å²) < 4.78 is 7.23. The fourth-order valence-electron chi connectivity index (χ4n) is 4.01. The second-order valence-corrected chi connectivity index (χ2v) is 7.79. The summed E-state index contributed by atoms with van der Waals surface area (Å²) in [6.07, 6.45) is 2.22. The monoisotopic (exact) mass is 442 g/mol. The SMILES string of the molecule is N#Cc1ccccc1OCc1cn(-c2ccc3c(c2)C(=O)N(C2CCC(=O)NC2=O)C3)nn1. The molecule has 0 spiro atoms. The van der Waals surface area contributed by atoms with Gasteiger partial charge in [-0.05, 0) is 36.2 Å². The molecule has 3 aromatic rings. The topological polar surface area (TPSA) is 130 Å². The highest BCUT2D eigenvalue weighted by Crippen LogP contribution is 2.29. The molecule has 2 aliphatic heterocycles. The van der Waals surface area contributed by atoms with Crippen molar-refractivity contribution in [3.8, 4) is 17.5 Å². The van der Waals surface area contributed by atoms with Crippen molar-refractivity contribution in [2.75, 3.05) is 0 Å². The number of hydrogen-bond donors (Lipinski definition) is 1. The van der Waals surface area contributed by atoms with Gasteiger partial charge < -0.3 is 9.64 Å². The number of nitriles is 1. The molecule has 0 radical (unpaired) electrons. The lowest BCUT2D eigenvalue weighted by Gasteiger charge is -2.29. The Bertz CT molecular complexity index is 1320. The van der Waals surface area contributed by atoms with E-state index in [-0.39, 0.29) is 24.8 Å². The molecular formula is C23H18N6O4. The maximum atomic E-state index is 13.0. The van der Waals surface area contributed by atoms with Crippen molar-refractivity contribution in [2.45, 2.75) is 32.0 Å². The quantitative estimate of drug-likeness (QED) is 0.592. The van der Waals surface area contributed by atoms with Gasteiger partial charge >= 0.3 is 0 Å². The highest BCUT2D eigenvalue weighted by molar-refractivity contribution is 6.05. The molecule has 3 heterocycles. The van der Waals surface area contributed by atoms with Crippen LogP contribution in [0.25, 0.3) is 5.69 Å². The summed E-state index contributed by atoms with van der Waals surface area (Å²) in [6, 6.07) is 13.7. The average Bonchev–Trinajstić information content (AvgIpc) is 3.42. The van der Waals surface area contributed by atoms with E-state index in [0.717, 1.165) is 5.56 Å². The summed E-state index contributed by atoms with van der Waals surface area (Å²) in [5, 5.41) is 19.7. The van der Waals surface area contributed by atoms with E-state index in [1.807, 2.05) is 12.1 Å². The largest absolute Gasteiger partial charge is 0.486 e. The maximum absolute atomic E-state index is 13.0. The van der Waals surface area contributed by atoms with E-state index in [4.69, 9.17) is 10.00 Å². The average molecular weight is 442 g/mol. The Labute approximate surface area is 188 Å². The second-order valence-electron chi connectivity index (χ2n) is 7.79. The van der Waals surface area contributed by atoms with Gasteiger partial charge in [0.05, 0.1) is 17.4 Å². The third-order valence-electron chi connectivity index (χ3n) is 5.70. The number of benzene rings is 2. The summed E-state index contributed by atoms with van der Waals surface area (Å²) in [5.74, 6) is -0.541. The van der Waals surface area contributed by atoms with Gasteiger partial charge in [0.25, 0.3) is 5.91 Å². The number of carbonyl (C=O) groups is 3. The molecule has 1 unspecified atom stereocenters. The maximum Gasteiger partial charge on any atom is 0.255 e. The van der Waals surface area contributed by atoms with Crippen molar-refractivity contribution in [3.63, 3.8) is 0 Å². The van der Waals surface area contributed by atoms with Gasteiger partial charge in [-0.3, -0.25) is 19.7 Å². The minimum Gasteiger partial charge on any atom is -0.486 e. The minimum atomic E-state index is -0.655. The van der Waals surface area contributed by atoms with Crippen LogP contribution in [-0.4, -0.2) is 43.7 Å². The third-order valence-corrected chi connectivity index (χ3v) is 5.70.